The molecule has 17 heavy (non-hydrogen) atoms. The minimum atomic E-state index is -0.825. The molecular weight excluding hydrogens is 236 g/mol. The maximum Gasteiger partial charge on any atom is 0.309 e. The van der Waals surface area contributed by atoms with Gasteiger partial charge in [0.25, 0.3) is 0 Å². The number of anilines is 1. The first-order valence-corrected chi connectivity index (χ1v) is 7.02. The fourth-order valence-electron chi connectivity index (χ4n) is 2.25. The Labute approximate surface area is 105 Å². The maximum atomic E-state index is 10.5. The maximum absolute atomic E-state index is 10.5. The van der Waals surface area contributed by atoms with Crippen LogP contribution in [-0.4, -0.2) is 22.6 Å². The lowest BCUT2D eigenvalue weighted by Gasteiger charge is -2.21. The van der Waals surface area contributed by atoms with Crippen molar-refractivity contribution < 1.29 is 9.90 Å². The van der Waals surface area contributed by atoms with Gasteiger partial charge in [-0.15, -0.1) is 11.3 Å². The van der Waals surface area contributed by atoms with Crippen LogP contribution in [0, 0.1) is 5.92 Å². The highest BCUT2D eigenvalue weighted by Gasteiger charge is 2.13. The second kappa shape index (κ2) is 6.00. The normalized spacial score (nSPS) is 16.9. The number of carbonyl (C=O) groups is 1. The molecule has 0 aromatic carbocycles. The van der Waals surface area contributed by atoms with Gasteiger partial charge in [-0.2, -0.15) is 0 Å². The molecule has 1 aromatic heterocycles. The molecule has 2 rings (SSSR count). The first-order chi connectivity index (χ1) is 8.24. The third-order valence-corrected chi connectivity index (χ3v) is 4.00. The molecule has 2 N–H and O–H groups in total. The van der Waals surface area contributed by atoms with Gasteiger partial charge >= 0.3 is 5.97 Å². The molecule has 4 nitrogen and oxygen atoms in total. The van der Waals surface area contributed by atoms with E-state index in [0.717, 1.165) is 17.6 Å². The van der Waals surface area contributed by atoms with Crippen LogP contribution in [0.5, 0.6) is 0 Å². The van der Waals surface area contributed by atoms with Crippen LogP contribution in [0.25, 0.3) is 0 Å². The number of thiazole rings is 1. The lowest BCUT2D eigenvalue weighted by Crippen LogP contribution is -2.17. The summed E-state index contributed by atoms with van der Waals surface area (Å²) in [5.74, 6) is -0.0651. The van der Waals surface area contributed by atoms with Crippen LogP contribution < -0.4 is 5.32 Å². The molecule has 1 saturated carbocycles. The van der Waals surface area contributed by atoms with Crippen molar-refractivity contribution in [1.29, 1.82) is 0 Å². The molecule has 0 unspecified atom stereocenters. The van der Waals surface area contributed by atoms with Crippen molar-refractivity contribution in [1.82, 2.24) is 4.98 Å². The Morgan fingerprint density at radius 2 is 2.24 bits per heavy atom. The van der Waals surface area contributed by atoms with Crippen LogP contribution in [-0.2, 0) is 11.2 Å². The van der Waals surface area contributed by atoms with E-state index in [1.54, 1.807) is 0 Å². The molecule has 0 bridgehead atoms. The largest absolute Gasteiger partial charge is 0.481 e. The van der Waals surface area contributed by atoms with Gasteiger partial charge in [-0.25, -0.2) is 4.98 Å². The number of aliphatic carboxylic acids is 1. The van der Waals surface area contributed by atoms with E-state index in [0.29, 0.717) is 5.69 Å². The first kappa shape index (κ1) is 12.4. The summed E-state index contributed by atoms with van der Waals surface area (Å²) in [5, 5.41) is 14.6. The van der Waals surface area contributed by atoms with Crippen molar-refractivity contribution in [2.75, 3.05) is 11.9 Å². The van der Waals surface area contributed by atoms with Crippen LogP contribution in [0.15, 0.2) is 5.38 Å². The van der Waals surface area contributed by atoms with E-state index >= 15 is 0 Å². The summed E-state index contributed by atoms with van der Waals surface area (Å²) in [4.78, 5) is 14.8. The summed E-state index contributed by atoms with van der Waals surface area (Å²) in [6.45, 7) is 0.972. The van der Waals surface area contributed by atoms with Crippen LogP contribution in [0.3, 0.4) is 0 Å². The third kappa shape index (κ3) is 4.00. The summed E-state index contributed by atoms with van der Waals surface area (Å²) in [7, 11) is 0. The highest BCUT2D eigenvalue weighted by Crippen LogP contribution is 2.24. The fourth-order valence-corrected chi connectivity index (χ4v) is 2.97. The number of nitrogens with one attached hydrogen (secondary N) is 1. The van der Waals surface area contributed by atoms with E-state index in [2.05, 4.69) is 10.3 Å². The number of aromatic nitrogens is 1. The van der Waals surface area contributed by atoms with Crippen molar-refractivity contribution in [3.8, 4) is 0 Å². The van der Waals surface area contributed by atoms with E-state index < -0.39 is 5.97 Å². The number of hydrogen-bond acceptors (Lipinski definition) is 4. The molecule has 0 spiro atoms. The average Bonchev–Trinajstić information content (AvgIpc) is 2.75. The zero-order chi connectivity index (χ0) is 12.1. The smallest absolute Gasteiger partial charge is 0.309 e. The average molecular weight is 254 g/mol. The lowest BCUT2D eigenvalue weighted by atomic mass is 9.89. The second-order valence-electron chi connectivity index (χ2n) is 4.60. The van der Waals surface area contributed by atoms with E-state index in [4.69, 9.17) is 5.11 Å². The molecule has 1 aliphatic carbocycles. The molecule has 5 heteroatoms. The Morgan fingerprint density at radius 1 is 1.47 bits per heavy atom. The van der Waals surface area contributed by atoms with E-state index in [1.165, 1.54) is 43.4 Å². The molecule has 0 aliphatic heterocycles. The van der Waals surface area contributed by atoms with Crippen molar-refractivity contribution >= 4 is 22.4 Å². The van der Waals surface area contributed by atoms with Gasteiger partial charge in [0, 0.05) is 11.9 Å². The summed E-state index contributed by atoms with van der Waals surface area (Å²) in [6, 6.07) is 0. The Balaban J connectivity index is 1.78. The molecule has 1 aromatic rings. The Kier molecular flexibility index (Phi) is 4.36. The number of hydrogen-bond donors (Lipinski definition) is 2. The van der Waals surface area contributed by atoms with Gasteiger partial charge in [-0.05, 0) is 18.8 Å². The number of rotatable bonds is 5. The minimum Gasteiger partial charge on any atom is -0.481 e. The molecule has 1 aliphatic rings. The Morgan fingerprint density at radius 3 is 2.94 bits per heavy atom. The lowest BCUT2D eigenvalue weighted by molar-refractivity contribution is -0.136. The predicted molar refractivity (Wildman–Crippen MR) is 68.5 cm³/mol. The van der Waals surface area contributed by atoms with Crippen LogP contribution >= 0.6 is 11.3 Å². The van der Waals surface area contributed by atoms with Crippen molar-refractivity contribution in [2.45, 2.75) is 38.5 Å². The summed E-state index contributed by atoms with van der Waals surface area (Å²) in [5.41, 5.74) is 0.647. The zero-order valence-corrected chi connectivity index (χ0v) is 10.6. The monoisotopic (exact) mass is 254 g/mol. The van der Waals surface area contributed by atoms with E-state index in [9.17, 15) is 4.79 Å². The molecular formula is C12H18N2O2S. The van der Waals surface area contributed by atoms with Crippen molar-refractivity contribution in [3.63, 3.8) is 0 Å². The van der Waals surface area contributed by atoms with Gasteiger partial charge in [0.2, 0.25) is 0 Å². The zero-order valence-electron chi connectivity index (χ0n) is 9.82. The van der Waals surface area contributed by atoms with Gasteiger partial charge in [0.1, 0.15) is 0 Å². The van der Waals surface area contributed by atoms with E-state index in [1.807, 2.05) is 5.38 Å². The molecule has 0 radical (unpaired) electrons. The van der Waals surface area contributed by atoms with Crippen LogP contribution in [0.2, 0.25) is 0 Å². The van der Waals surface area contributed by atoms with E-state index in [-0.39, 0.29) is 6.42 Å². The topological polar surface area (TPSA) is 62.2 Å². The summed E-state index contributed by atoms with van der Waals surface area (Å²) >= 11 is 1.49. The number of nitrogens with zero attached hydrogens (tertiary/aromatic N) is 1. The molecule has 94 valence electrons. The van der Waals surface area contributed by atoms with Gasteiger partial charge in [-0.1, -0.05) is 19.3 Å². The minimum absolute atomic E-state index is 0.0155. The third-order valence-electron chi connectivity index (χ3n) is 3.15. The molecule has 0 amide bonds. The van der Waals surface area contributed by atoms with Gasteiger partial charge in [-0.3, -0.25) is 4.79 Å². The second-order valence-corrected chi connectivity index (χ2v) is 5.46. The van der Waals surface area contributed by atoms with Crippen molar-refractivity contribution in [3.05, 3.63) is 11.1 Å². The molecule has 0 atom stereocenters. The Hall–Kier alpha value is -1.10. The fraction of sp³-hybridized carbons (Fsp3) is 0.667. The van der Waals surface area contributed by atoms with Crippen molar-refractivity contribution in [2.24, 2.45) is 5.92 Å². The van der Waals surface area contributed by atoms with Gasteiger partial charge < -0.3 is 10.4 Å². The standard InChI is InChI=1S/C12H18N2O2S/c15-11(16)6-10-8-17-12(14-10)13-7-9-4-2-1-3-5-9/h8-9H,1-7H2,(H,13,14)(H,15,16). The highest BCUT2D eigenvalue weighted by molar-refractivity contribution is 7.13. The SMILES string of the molecule is O=C(O)Cc1csc(NCC2CCCCC2)n1. The first-order valence-electron chi connectivity index (χ1n) is 6.14. The van der Waals surface area contributed by atoms with Gasteiger partial charge in [0.05, 0.1) is 12.1 Å². The van der Waals surface area contributed by atoms with Gasteiger partial charge in [0.15, 0.2) is 5.13 Å². The molecule has 1 fully saturated rings. The number of carboxylic acids is 1. The molecule has 1 heterocycles. The number of carboxylic acid groups (broad SMARTS) is 1. The van der Waals surface area contributed by atoms with Crippen LogP contribution in [0.4, 0.5) is 5.13 Å². The highest BCUT2D eigenvalue weighted by atomic mass is 32.1. The summed E-state index contributed by atoms with van der Waals surface area (Å²) < 4.78 is 0. The molecule has 0 saturated heterocycles. The predicted octanol–water partition coefficient (Wildman–Crippen LogP) is 2.76. The summed E-state index contributed by atoms with van der Waals surface area (Å²) in [6.07, 6.45) is 6.68. The van der Waals surface area contributed by atoms with Crippen LogP contribution in [0.1, 0.15) is 37.8 Å². The quantitative estimate of drug-likeness (QED) is 0.848. The Bertz CT molecular complexity index is 372.